The molecular formula is C27H23ClF3N5O3S. The van der Waals surface area contributed by atoms with E-state index in [2.05, 4.69) is 20.8 Å². The lowest BCUT2D eigenvalue weighted by Gasteiger charge is -2.13. The quantitative estimate of drug-likeness (QED) is 0.220. The highest BCUT2D eigenvalue weighted by Gasteiger charge is 2.31. The maximum Gasteiger partial charge on any atom is 0.416 e. The number of alkyl halides is 3. The summed E-state index contributed by atoms with van der Waals surface area (Å²) in [7, 11) is 0. The molecule has 0 atom stereocenters. The number of halogens is 4. The van der Waals surface area contributed by atoms with E-state index < -0.39 is 17.6 Å². The summed E-state index contributed by atoms with van der Waals surface area (Å²) in [4.78, 5) is 25.2. The molecule has 0 bridgehead atoms. The molecular weight excluding hydrogens is 567 g/mol. The van der Waals surface area contributed by atoms with E-state index in [-0.39, 0.29) is 28.9 Å². The molecule has 0 radical (unpaired) electrons. The van der Waals surface area contributed by atoms with Gasteiger partial charge in [0.1, 0.15) is 5.75 Å². The van der Waals surface area contributed by atoms with Gasteiger partial charge in [-0.2, -0.15) is 13.2 Å². The van der Waals surface area contributed by atoms with Crippen LogP contribution in [-0.2, 0) is 17.5 Å². The van der Waals surface area contributed by atoms with E-state index in [0.29, 0.717) is 34.6 Å². The number of carbonyl (C=O) groups is 2. The lowest BCUT2D eigenvalue weighted by atomic mass is 10.2. The fraction of sp³-hybridized carbons (Fsp3) is 0.185. The summed E-state index contributed by atoms with van der Waals surface area (Å²) in [5.74, 6) is -0.0279. The van der Waals surface area contributed by atoms with Crippen LogP contribution >= 0.6 is 23.4 Å². The lowest BCUT2D eigenvalue weighted by molar-refractivity contribution is -0.137. The number of aromatic nitrogens is 3. The van der Waals surface area contributed by atoms with Crippen molar-refractivity contribution in [2.75, 3.05) is 17.7 Å². The molecule has 0 saturated heterocycles. The number of ether oxygens (including phenoxy) is 1. The summed E-state index contributed by atoms with van der Waals surface area (Å²) in [5.41, 5.74) is 0.0482. The molecule has 0 aliphatic carbocycles. The maximum absolute atomic E-state index is 13.1. The Morgan fingerprint density at radius 3 is 2.42 bits per heavy atom. The number of rotatable bonds is 10. The van der Waals surface area contributed by atoms with Gasteiger partial charge in [-0.25, -0.2) is 0 Å². The van der Waals surface area contributed by atoms with Gasteiger partial charge in [-0.05, 0) is 61.5 Å². The molecule has 208 valence electrons. The van der Waals surface area contributed by atoms with Crippen LogP contribution in [0.4, 0.5) is 18.9 Å². The molecule has 0 unspecified atom stereocenters. The molecule has 0 fully saturated rings. The van der Waals surface area contributed by atoms with Crippen LogP contribution in [0.3, 0.4) is 0 Å². The van der Waals surface area contributed by atoms with Gasteiger partial charge in [0, 0.05) is 11.3 Å². The number of carbonyl (C=O) groups excluding carboxylic acids is 2. The Balaban J connectivity index is 1.52. The van der Waals surface area contributed by atoms with Crippen molar-refractivity contribution in [2.45, 2.75) is 24.8 Å². The molecule has 1 heterocycles. The first kappa shape index (κ1) is 29.0. The molecule has 0 aliphatic heterocycles. The Morgan fingerprint density at radius 1 is 1.02 bits per heavy atom. The predicted octanol–water partition coefficient (Wildman–Crippen LogP) is 6.00. The fourth-order valence-corrected chi connectivity index (χ4v) is 4.53. The molecule has 1 aromatic heterocycles. The first-order chi connectivity index (χ1) is 19.2. The van der Waals surface area contributed by atoms with Crippen LogP contribution in [0.2, 0.25) is 5.02 Å². The van der Waals surface area contributed by atoms with Crippen molar-refractivity contribution >= 4 is 40.9 Å². The normalized spacial score (nSPS) is 11.2. The van der Waals surface area contributed by atoms with E-state index in [1.54, 1.807) is 59.2 Å². The van der Waals surface area contributed by atoms with Crippen molar-refractivity contribution in [2.24, 2.45) is 0 Å². The van der Waals surface area contributed by atoms with Gasteiger partial charge in [-0.15, -0.1) is 10.2 Å². The van der Waals surface area contributed by atoms with E-state index >= 15 is 0 Å². The summed E-state index contributed by atoms with van der Waals surface area (Å²) in [5, 5.41) is 13.9. The van der Waals surface area contributed by atoms with Gasteiger partial charge in [-0.1, -0.05) is 41.6 Å². The minimum atomic E-state index is -4.58. The summed E-state index contributed by atoms with van der Waals surface area (Å²) in [6.45, 7) is 2.41. The van der Waals surface area contributed by atoms with E-state index in [9.17, 15) is 22.8 Å². The highest BCUT2D eigenvalue weighted by molar-refractivity contribution is 7.99. The van der Waals surface area contributed by atoms with Gasteiger partial charge in [0.15, 0.2) is 11.0 Å². The smallest absolute Gasteiger partial charge is 0.416 e. The van der Waals surface area contributed by atoms with Gasteiger partial charge < -0.3 is 15.4 Å². The minimum absolute atomic E-state index is 0.0275. The lowest BCUT2D eigenvalue weighted by Crippen LogP contribution is -2.24. The average Bonchev–Trinajstić information content (AvgIpc) is 3.35. The molecule has 0 spiro atoms. The summed E-state index contributed by atoms with van der Waals surface area (Å²) >= 11 is 7.01. The van der Waals surface area contributed by atoms with Gasteiger partial charge in [-0.3, -0.25) is 14.2 Å². The number of hydrogen-bond acceptors (Lipinski definition) is 6. The number of amides is 2. The van der Waals surface area contributed by atoms with E-state index in [0.717, 1.165) is 30.0 Å². The zero-order chi connectivity index (χ0) is 28.7. The molecule has 2 N–H and O–H groups in total. The van der Waals surface area contributed by atoms with Gasteiger partial charge in [0.25, 0.3) is 5.91 Å². The SMILES string of the molecule is CCOc1ccc(-n2c(CNC(=O)c3ccccc3)nnc2SCC(=O)Nc2cc(C(F)(F)F)ccc2Cl)cc1. The van der Waals surface area contributed by atoms with Gasteiger partial charge in [0.2, 0.25) is 5.91 Å². The van der Waals surface area contributed by atoms with Crippen LogP contribution in [0.5, 0.6) is 5.75 Å². The number of anilines is 1. The number of thioether (sulfide) groups is 1. The zero-order valence-corrected chi connectivity index (χ0v) is 22.6. The second-order valence-electron chi connectivity index (χ2n) is 8.24. The average molecular weight is 590 g/mol. The number of hydrogen-bond donors (Lipinski definition) is 2. The van der Waals surface area contributed by atoms with Gasteiger partial charge >= 0.3 is 6.18 Å². The van der Waals surface area contributed by atoms with Crippen molar-refractivity contribution < 1.29 is 27.5 Å². The fourth-order valence-electron chi connectivity index (χ4n) is 3.59. The van der Waals surface area contributed by atoms with Crippen LogP contribution in [-0.4, -0.2) is 38.9 Å². The first-order valence-corrected chi connectivity index (χ1v) is 13.3. The van der Waals surface area contributed by atoms with E-state index in [1.807, 2.05) is 6.92 Å². The monoisotopic (exact) mass is 589 g/mol. The predicted molar refractivity (Wildman–Crippen MR) is 146 cm³/mol. The van der Waals surface area contributed by atoms with Crippen molar-refractivity contribution in [1.82, 2.24) is 20.1 Å². The third kappa shape index (κ3) is 7.33. The Hall–Kier alpha value is -4.03. The topological polar surface area (TPSA) is 98.1 Å². The van der Waals surface area contributed by atoms with Crippen molar-refractivity contribution in [3.8, 4) is 11.4 Å². The molecule has 0 saturated carbocycles. The molecule has 4 aromatic rings. The van der Waals surface area contributed by atoms with E-state index in [4.69, 9.17) is 16.3 Å². The third-order valence-electron chi connectivity index (χ3n) is 5.45. The number of nitrogens with zero attached hydrogens (tertiary/aromatic N) is 3. The van der Waals surface area contributed by atoms with Crippen LogP contribution in [0, 0.1) is 0 Å². The molecule has 3 aromatic carbocycles. The van der Waals surface area contributed by atoms with Crippen LogP contribution < -0.4 is 15.4 Å². The first-order valence-electron chi connectivity index (χ1n) is 12.0. The maximum atomic E-state index is 13.1. The van der Waals surface area contributed by atoms with Crippen LogP contribution in [0.1, 0.15) is 28.7 Å². The number of benzene rings is 3. The minimum Gasteiger partial charge on any atom is -0.494 e. The highest BCUT2D eigenvalue weighted by atomic mass is 35.5. The van der Waals surface area contributed by atoms with Crippen molar-refractivity contribution in [1.29, 1.82) is 0 Å². The van der Waals surface area contributed by atoms with E-state index in [1.165, 1.54) is 0 Å². The Morgan fingerprint density at radius 2 is 1.75 bits per heavy atom. The second kappa shape index (κ2) is 12.9. The van der Waals surface area contributed by atoms with Gasteiger partial charge in [0.05, 0.1) is 35.2 Å². The van der Waals surface area contributed by atoms with Crippen LogP contribution in [0.15, 0.2) is 78.0 Å². The van der Waals surface area contributed by atoms with Crippen LogP contribution in [0.25, 0.3) is 5.69 Å². The molecule has 2 amide bonds. The number of nitrogens with one attached hydrogen (secondary N) is 2. The summed E-state index contributed by atoms with van der Waals surface area (Å²) in [6, 6.07) is 18.5. The Labute approximate surface area is 236 Å². The summed E-state index contributed by atoms with van der Waals surface area (Å²) < 4.78 is 46.4. The standard InChI is InChI=1S/C27H23ClF3N5O3S/c1-2-39-20-11-9-19(10-12-20)36-23(15-32-25(38)17-6-4-3-5-7-17)34-35-26(36)40-16-24(37)33-22-14-18(27(29,30)31)8-13-21(22)28/h3-14H,2,15-16H2,1H3,(H,32,38)(H,33,37). The Bertz CT molecular complexity index is 1480. The molecule has 40 heavy (non-hydrogen) atoms. The van der Waals surface area contributed by atoms with Crippen molar-refractivity contribution in [3.05, 3.63) is 94.8 Å². The Kier molecular flexibility index (Phi) is 9.33. The highest BCUT2D eigenvalue weighted by Crippen LogP contribution is 2.34. The van der Waals surface area contributed by atoms with Crippen molar-refractivity contribution in [3.63, 3.8) is 0 Å². The summed E-state index contributed by atoms with van der Waals surface area (Å²) in [6.07, 6.45) is -4.58. The molecule has 0 aliphatic rings. The largest absolute Gasteiger partial charge is 0.494 e. The second-order valence-corrected chi connectivity index (χ2v) is 9.59. The third-order valence-corrected chi connectivity index (χ3v) is 6.71. The molecule has 4 rings (SSSR count). The zero-order valence-electron chi connectivity index (χ0n) is 21.0. The molecule has 8 nitrogen and oxygen atoms in total. The molecule has 13 heteroatoms.